The van der Waals surface area contributed by atoms with Crippen LogP contribution in [0.4, 0.5) is 22.0 Å². The summed E-state index contributed by atoms with van der Waals surface area (Å²) >= 11 is -0.0376. The van der Waals surface area contributed by atoms with Crippen molar-refractivity contribution in [2.45, 2.75) is 4.90 Å². The first-order valence-corrected chi connectivity index (χ1v) is 3.76. The Kier molecular flexibility index (Phi) is 2.54. The highest BCUT2D eigenvalue weighted by Gasteiger charge is 2.24. The lowest BCUT2D eigenvalue weighted by atomic mass is 10.3. The molecule has 0 N–H and O–H groups in total. The van der Waals surface area contributed by atoms with E-state index in [1.54, 1.807) is 0 Å². The molecule has 0 aliphatic rings. The van der Waals surface area contributed by atoms with Crippen LogP contribution in [0.1, 0.15) is 0 Å². The fourth-order valence-electron chi connectivity index (χ4n) is 0.688. The summed E-state index contributed by atoms with van der Waals surface area (Å²) < 4.78 is 62.2. The van der Waals surface area contributed by atoms with Crippen LogP contribution >= 0.6 is 11.2 Å². The van der Waals surface area contributed by atoms with Crippen molar-refractivity contribution in [2.24, 2.45) is 0 Å². The molecule has 0 amide bonds. The summed E-state index contributed by atoms with van der Waals surface area (Å²) in [6, 6.07) is 0. The predicted molar refractivity (Wildman–Crippen MR) is 37.0 cm³/mol. The molecule has 6 heteroatoms. The highest BCUT2D eigenvalue weighted by Crippen LogP contribution is 2.26. The molecule has 70 valence electrons. The smallest absolute Gasteiger partial charge is 0.200 e. The Labute approximate surface area is 73.6 Å². The van der Waals surface area contributed by atoms with Crippen LogP contribution in [0.2, 0.25) is 0 Å². The van der Waals surface area contributed by atoms with E-state index >= 15 is 0 Å². The first-order valence-electron chi connectivity index (χ1n) is 2.88. The lowest BCUT2D eigenvalue weighted by molar-refractivity contribution is 0.361. The number of hydrogen-bond donors (Lipinski definition) is 0. The van der Waals surface area contributed by atoms with Crippen molar-refractivity contribution in [2.75, 3.05) is 0 Å². The number of benzene rings is 1. The van der Waals surface area contributed by atoms with Gasteiger partial charge in [0.2, 0.25) is 5.82 Å². The van der Waals surface area contributed by atoms with E-state index in [1.165, 1.54) is 0 Å². The zero-order valence-corrected chi connectivity index (χ0v) is 6.69. The number of hydrogen-bond acceptors (Lipinski definition) is 0. The zero-order chi connectivity index (χ0) is 10.2. The van der Waals surface area contributed by atoms with Crippen molar-refractivity contribution >= 4 is 11.2 Å². The Balaban J connectivity index is 3.69. The molecule has 1 aromatic rings. The Hall–Kier alpha value is -1.13. The van der Waals surface area contributed by atoms with Crippen LogP contribution in [-0.2, 0) is 0 Å². The van der Waals surface area contributed by atoms with Gasteiger partial charge in [0.25, 0.3) is 0 Å². The predicted octanol–water partition coefficient (Wildman–Crippen LogP) is 3.06. The first-order chi connectivity index (χ1) is 6.00. The fourth-order valence-corrected chi connectivity index (χ4v) is 1.07. The van der Waals surface area contributed by atoms with E-state index in [0.717, 1.165) is 0 Å². The average molecular weight is 212 g/mol. The first kappa shape index (κ1) is 9.95. The van der Waals surface area contributed by atoms with Crippen LogP contribution < -0.4 is 0 Å². The molecule has 0 saturated carbocycles. The summed E-state index contributed by atoms with van der Waals surface area (Å²) in [6.45, 7) is 0. The van der Waals surface area contributed by atoms with Crippen molar-refractivity contribution < 1.29 is 22.0 Å². The molecule has 0 aliphatic heterocycles. The van der Waals surface area contributed by atoms with Crippen LogP contribution in [0.15, 0.2) is 4.90 Å². The van der Waals surface area contributed by atoms with Crippen LogP contribution in [-0.4, -0.2) is 0 Å². The van der Waals surface area contributed by atoms with Gasteiger partial charge in [-0.2, -0.15) is 0 Å². The van der Waals surface area contributed by atoms with Gasteiger partial charge in [-0.05, 0) is 0 Å². The second kappa shape index (κ2) is 3.32. The maximum Gasteiger partial charge on any atom is 0.200 e. The minimum atomic E-state index is -2.19. The van der Waals surface area contributed by atoms with Crippen LogP contribution in [0, 0.1) is 34.8 Å². The lowest BCUT2D eigenvalue weighted by Gasteiger charge is -2.01. The van der Waals surface area contributed by atoms with Gasteiger partial charge in [0.1, 0.15) is 4.90 Å². The SMILES string of the molecule is C#Sc1c(F)c(F)c(F)c(F)c1F. The zero-order valence-electron chi connectivity index (χ0n) is 5.88. The molecule has 0 spiro atoms. The largest absolute Gasteiger partial charge is 0.202 e. The molecular formula is C7HF5S. The minimum absolute atomic E-state index is 0.0376. The monoisotopic (exact) mass is 212 g/mol. The molecular weight excluding hydrogens is 211 g/mol. The van der Waals surface area contributed by atoms with Gasteiger partial charge >= 0.3 is 0 Å². The van der Waals surface area contributed by atoms with Crippen LogP contribution in [0.3, 0.4) is 0 Å². The molecule has 1 rings (SSSR count). The van der Waals surface area contributed by atoms with Crippen LogP contribution in [0.25, 0.3) is 0 Å². The standard InChI is InChI=1S/C7HF5S/c1-13-7-5(11)3(9)2(8)4(10)6(7)12/h1H. The summed E-state index contributed by atoms with van der Waals surface area (Å²) in [7, 11) is 0. The molecule has 0 nitrogen and oxygen atoms in total. The normalized spacial score (nSPS) is 10.2. The molecule has 0 radical (unpaired) electrons. The van der Waals surface area contributed by atoms with Gasteiger partial charge in [0.15, 0.2) is 23.3 Å². The highest BCUT2D eigenvalue weighted by molar-refractivity contribution is 7.88. The molecule has 0 bridgehead atoms. The molecule has 0 fully saturated rings. The third-order valence-electron chi connectivity index (χ3n) is 1.29. The summed E-state index contributed by atoms with van der Waals surface area (Å²) in [6.07, 6.45) is 0. The Bertz CT molecular complexity index is 377. The van der Waals surface area contributed by atoms with Gasteiger partial charge in [-0.3, -0.25) is 0 Å². The lowest BCUT2D eigenvalue weighted by Crippen LogP contribution is -2.01. The average Bonchev–Trinajstić information content (AvgIpc) is 2.13. The third-order valence-corrected chi connectivity index (χ3v) is 1.88. The van der Waals surface area contributed by atoms with Crippen molar-refractivity contribution in [1.82, 2.24) is 0 Å². The molecule has 13 heavy (non-hydrogen) atoms. The number of rotatable bonds is 0. The second-order valence-electron chi connectivity index (χ2n) is 2.02. The molecule has 0 aliphatic carbocycles. The van der Waals surface area contributed by atoms with Crippen molar-refractivity contribution in [3.8, 4) is 5.69 Å². The van der Waals surface area contributed by atoms with Crippen molar-refractivity contribution in [1.29, 1.82) is 0 Å². The Morgan fingerprint density at radius 1 is 0.692 bits per heavy atom. The second-order valence-corrected chi connectivity index (χ2v) is 2.66. The summed E-state index contributed by atoms with van der Waals surface area (Å²) in [4.78, 5) is -1.09. The van der Waals surface area contributed by atoms with Crippen molar-refractivity contribution in [3.63, 3.8) is 0 Å². The van der Waals surface area contributed by atoms with E-state index in [1.807, 2.05) is 0 Å². The third kappa shape index (κ3) is 1.38. The maximum absolute atomic E-state index is 12.6. The molecule has 0 unspecified atom stereocenters. The molecule has 1 aromatic carbocycles. The quantitative estimate of drug-likeness (QED) is 0.352. The van der Waals surface area contributed by atoms with Gasteiger partial charge in [0.05, 0.1) is 0 Å². The topological polar surface area (TPSA) is 0 Å². The molecule has 0 heterocycles. The van der Waals surface area contributed by atoms with E-state index in [2.05, 4.69) is 0 Å². The van der Waals surface area contributed by atoms with E-state index in [4.69, 9.17) is 5.69 Å². The summed E-state index contributed by atoms with van der Waals surface area (Å²) in [5.74, 6) is -10.0. The van der Waals surface area contributed by atoms with E-state index in [-0.39, 0.29) is 11.2 Å². The molecule has 0 saturated heterocycles. The Morgan fingerprint density at radius 3 is 1.31 bits per heavy atom. The maximum atomic E-state index is 12.6. The molecule has 0 atom stereocenters. The summed E-state index contributed by atoms with van der Waals surface area (Å²) in [5.41, 5.74) is 4.72. The number of halogens is 5. The van der Waals surface area contributed by atoms with E-state index < -0.39 is 34.0 Å². The van der Waals surface area contributed by atoms with Crippen molar-refractivity contribution in [3.05, 3.63) is 29.1 Å². The fraction of sp³-hybridized carbons (Fsp3) is 0. The van der Waals surface area contributed by atoms with Gasteiger partial charge in [-0.25, -0.2) is 22.0 Å². The highest BCUT2D eigenvalue weighted by atomic mass is 32.1. The Morgan fingerprint density at radius 2 is 1.00 bits per heavy atom. The van der Waals surface area contributed by atoms with E-state index in [9.17, 15) is 22.0 Å². The van der Waals surface area contributed by atoms with Gasteiger partial charge in [0, 0.05) is 0 Å². The van der Waals surface area contributed by atoms with Gasteiger partial charge in [-0.15, -0.1) is 5.69 Å². The van der Waals surface area contributed by atoms with Gasteiger partial charge in [-0.1, -0.05) is 11.2 Å². The summed E-state index contributed by atoms with van der Waals surface area (Å²) in [5, 5.41) is 0. The van der Waals surface area contributed by atoms with Gasteiger partial charge < -0.3 is 0 Å². The van der Waals surface area contributed by atoms with E-state index in [0.29, 0.717) is 0 Å². The molecule has 0 aromatic heterocycles. The minimum Gasteiger partial charge on any atom is -0.202 e. The van der Waals surface area contributed by atoms with Crippen LogP contribution in [0.5, 0.6) is 0 Å².